The van der Waals surface area contributed by atoms with E-state index < -0.39 is 0 Å². The summed E-state index contributed by atoms with van der Waals surface area (Å²) in [7, 11) is 0. The van der Waals surface area contributed by atoms with Gasteiger partial charge in [-0.05, 0) is 60.5 Å². The van der Waals surface area contributed by atoms with Crippen molar-refractivity contribution in [1.82, 2.24) is 5.32 Å². The van der Waals surface area contributed by atoms with Crippen LogP contribution in [0.2, 0.25) is 0 Å². The molecule has 0 saturated carbocycles. The smallest absolute Gasteiger partial charge is 0.250 e. The number of anilines is 1. The molecule has 0 spiro atoms. The number of hydrogen-bond acceptors (Lipinski definition) is 4. The van der Waals surface area contributed by atoms with Crippen LogP contribution >= 0.6 is 12.2 Å². The second kappa shape index (κ2) is 8.31. The van der Waals surface area contributed by atoms with Crippen molar-refractivity contribution in [3.05, 3.63) is 54.0 Å². The predicted molar refractivity (Wildman–Crippen MR) is 98.9 cm³/mol. The molecular weight excluding hydrogens is 324 g/mol. The molecule has 1 atom stereocenters. The zero-order valence-corrected chi connectivity index (χ0v) is 14.4. The summed E-state index contributed by atoms with van der Waals surface area (Å²) in [5.74, 6) is 0.625. The second-order valence-electron chi connectivity index (χ2n) is 5.38. The molecule has 2 aromatic rings. The van der Waals surface area contributed by atoms with Gasteiger partial charge in [-0.3, -0.25) is 10.1 Å². The van der Waals surface area contributed by atoms with Gasteiger partial charge in [0.1, 0.15) is 11.5 Å². The quantitative estimate of drug-likeness (QED) is 0.434. The summed E-state index contributed by atoms with van der Waals surface area (Å²) in [4.78, 5) is 11.8. The minimum atomic E-state index is -0.388. The van der Waals surface area contributed by atoms with Crippen LogP contribution in [0.5, 0.6) is 5.75 Å². The summed E-state index contributed by atoms with van der Waals surface area (Å²) in [6.45, 7) is 4.20. The van der Waals surface area contributed by atoms with Gasteiger partial charge in [-0.15, -0.1) is 0 Å². The number of furan rings is 1. The molecule has 126 valence electrons. The van der Waals surface area contributed by atoms with Crippen molar-refractivity contribution in [1.29, 1.82) is 0 Å². The third-order valence-corrected chi connectivity index (χ3v) is 3.83. The predicted octanol–water partition coefficient (Wildman–Crippen LogP) is 4.03. The molecule has 5 nitrogen and oxygen atoms in total. The Balaban J connectivity index is 1.97. The second-order valence-corrected chi connectivity index (χ2v) is 5.79. The highest BCUT2D eigenvalue weighted by molar-refractivity contribution is 7.80. The number of thiocarbonyl (C=S) groups is 1. The Hall–Kier alpha value is -2.60. The Morgan fingerprint density at radius 3 is 2.88 bits per heavy atom. The Morgan fingerprint density at radius 2 is 2.21 bits per heavy atom. The maximum Gasteiger partial charge on any atom is 0.250 e. The number of rotatable bonds is 5. The summed E-state index contributed by atoms with van der Waals surface area (Å²) in [5.41, 5.74) is 1.55. The SMILES string of the molecule is CCC(C)c1ccc(O)c(NC(=S)NC(=O)/C=C/c2ccco2)c1. The fourth-order valence-electron chi connectivity index (χ4n) is 2.05. The van der Waals surface area contributed by atoms with Gasteiger partial charge >= 0.3 is 0 Å². The maximum absolute atomic E-state index is 11.8. The van der Waals surface area contributed by atoms with Crippen LogP contribution in [0.4, 0.5) is 5.69 Å². The monoisotopic (exact) mass is 344 g/mol. The van der Waals surface area contributed by atoms with E-state index in [9.17, 15) is 9.90 Å². The van der Waals surface area contributed by atoms with E-state index in [4.69, 9.17) is 16.6 Å². The van der Waals surface area contributed by atoms with Gasteiger partial charge in [0, 0.05) is 6.08 Å². The van der Waals surface area contributed by atoms with Gasteiger partial charge in [0.05, 0.1) is 12.0 Å². The third-order valence-electron chi connectivity index (χ3n) is 3.63. The summed E-state index contributed by atoms with van der Waals surface area (Å²) in [6.07, 6.45) is 5.38. The molecule has 0 aliphatic heterocycles. The zero-order valence-electron chi connectivity index (χ0n) is 13.6. The minimum absolute atomic E-state index is 0.0739. The fraction of sp³-hybridized carbons (Fsp3) is 0.222. The van der Waals surface area contributed by atoms with Crippen LogP contribution in [-0.2, 0) is 4.79 Å². The largest absolute Gasteiger partial charge is 0.506 e. The molecule has 1 amide bonds. The lowest BCUT2D eigenvalue weighted by Gasteiger charge is -2.14. The van der Waals surface area contributed by atoms with Gasteiger partial charge in [-0.1, -0.05) is 19.9 Å². The molecule has 1 heterocycles. The average Bonchev–Trinajstić information content (AvgIpc) is 3.07. The lowest BCUT2D eigenvalue weighted by atomic mass is 9.98. The summed E-state index contributed by atoms with van der Waals surface area (Å²) >= 11 is 5.11. The molecule has 0 aliphatic carbocycles. The molecule has 24 heavy (non-hydrogen) atoms. The van der Waals surface area contributed by atoms with Crippen molar-refractivity contribution < 1.29 is 14.3 Å². The van der Waals surface area contributed by atoms with E-state index in [1.165, 1.54) is 12.3 Å². The number of hydrogen-bond donors (Lipinski definition) is 3. The van der Waals surface area contributed by atoms with Crippen LogP contribution in [0, 0.1) is 0 Å². The van der Waals surface area contributed by atoms with Gasteiger partial charge in [0.2, 0.25) is 5.91 Å². The fourth-order valence-corrected chi connectivity index (χ4v) is 2.26. The number of phenolic OH excluding ortho intramolecular Hbond substituents is 1. The average molecular weight is 344 g/mol. The van der Waals surface area contributed by atoms with Crippen molar-refractivity contribution in [2.24, 2.45) is 0 Å². The third kappa shape index (κ3) is 4.96. The first kappa shape index (κ1) is 17.7. The number of carbonyl (C=O) groups is 1. The van der Waals surface area contributed by atoms with Crippen molar-refractivity contribution in [3.63, 3.8) is 0 Å². The molecule has 0 saturated heterocycles. The van der Waals surface area contributed by atoms with Crippen LogP contribution in [-0.4, -0.2) is 16.1 Å². The van der Waals surface area contributed by atoms with Crippen molar-refractivity contribution in [3.8, 4) is 5.75 Å². The molecule has 3 N–H and O–H groups in total. The van der Waals surface area contributed by atoms with E-state index >= 15 is 0 Å². The van der Waals surface area contributed by atoms with Crippen LogP contribution < -0.4 is 10.6 Å². The summed E-state index contributed by atoms with van der Waals surface area (Å²) in [5, 5.41) is 15.4. The van der Waals surface area contributed by atoms with Crippen LogP contribution in [0.15, 0.2) is 47.1 Å². The Labute approximate surface area is 146 Å². The van der Waals surface area contributed by atoms with E-state index in [0.717, 1.165) is 12.0 Å². The van der Waals surface area contributed by atoms with Gasteiger partial charge in [-0.25, -0.2) is 0 Å². The number of phenols is 1. The molecule has 0 aliphatic rings. The molecule has 1 aromatic carbocycles. The number of amides is 1. The first-order chi connectivity index (χ1) is 11.5. The van der Waals surface area contributed by atoms with Gasteiger partial charge in [0.15, 0.2) is 5.11 Å². The van der Waals surface area contributed by atoms with Crippen molar-refractivity contribution in [2.45, 2.75) is 26.2 Å². The summed E-state index contributed by atoms with van der Waals surface area (Å²) in [6, 6.07) is 8.80. The van der Waals surface area contributed by atoms with Crippen molar-refractivity contribution in [2.75, 3.05) is 5.32 Å². The first-order valence-corrected chi connectivity index (χ1v) is 8.07. The summed E-state index contributed by atoms with van der Waals surface area (Å²) < 4.78 is 5.10. The number of benzene rings is 1. The normalized spacial score (nSPS) is 12.1. The van der Waals surface area contributed by atoms with Crippen LogP contribution in [0.3, 0.4) is 0 Å². The number of aromatic hydroxyl groups is 1. The standard InChI is InChI=1S/C18H20N2O3S/c1-3-12(2)13-6-8-16(21)15(11-13)19-18(24)20-17(22)9-7-14-5-4-10-23-14/h4-12,21H,3H2,1-2H3,(H2,19,20,22,24)/b9-7+. The maximum atomic E-state index is 11.8. The Bertz CT molecular complexity index is 739. The highest BCUT2D eigenvalue weighted by Crippen LogP contribution is 2.28. The van der Waals surface area contributed by atoms with E-state index in [0.29, 0.717) is 17.4 Å². The molecule has 1 aromatic heterocycles. The van der Waals surface area contributed by atoms with Crippen LogP contribution in [0.1, 0.15) is 37.5 Å². The van der Waals surface area contributed by atoms with E-state index in [-0.39, 0.29) is 16.8 Å². The van der Waals surface area contributed by atoms with E-state index in [1.807, 2.05) is 12.1 Å². The minimum Gasteiger partial charge on any atom is -0.506 e. The van der Waals surface area contributed by atoms with Gasteiger partial charge in [0.25, 0.3) is 0 Å². The Morgan fingerprint density at radius 1 is 1.42 bits per heavy atom. The van der Waals surface area contributed by atoms with Gasteiger partial charge < -0.3 is 14.8 Å². The zero-order chi connectivity index (χ0) is 17.5. The highest BCUT2D eigenvalue weighted by atomic mass is 32.1. The number of carbonyl (C=O) groups excluding carboxylic acids is 1. The molecule has 0 bridgehead atoms. The molecule has 1 unspecified atom stereocenters. The number of nitrogens with one attached hydrogen (secondary N) is 2. The lowest BCUT2D eigenvalue weighted by Crippen LogP contribution is -2.32. The van der Waals surface area contributed by atoms with Crippen molar-refractivity contribution >= 4 is 35.0 Å². The molecule has 6 heteroatoms. The molecule has 0 radical (unpaired) electrons. The topological polar surface area (TPSA) is 74.5 Å². The van der Waals surface area contributed by atoms with E-state index in [1.54, 1.807) is 24.3 Å². The first-order valence-electron chi connectivity index (χ1n) is 7.66. The lowest BCUT2D eigenvalue weighted by molar-refractivity contribution is -0.115. The van der Waals surface area contributed by atoms with E-state index in [2.05, 4.69) is 24.5 Å². The highest BCUT2D eigenvalue weighted by Gasteiger charge is 2.09. The molecule has 2 rings (SSSR count). The molecular formula is C18H20N2O3S. The Kier molecular flexibility index (Phi) is 6.14. The van der Waals surface area contributed by atoms with Gasteiger partial charge in [-0.2, -0.15) is 0 Å². The molecule has 0 fully saturated rings. The van der Waals surface area contributed by atoms with Crippen LogP contribution in [0.25, 0.3) is 6.08 Å².